The molecule has 0 spiro atoms. The molecular weight excluding hydrogens is 334 g/mol. The first kappa shape index (κ1) is 17.9. The molecule has 0 amide bonds. The molecule has 128 valence electrons. The topological polar surface area (TPSA) is 95.7 Å². The summed E-state index contributed by atoms with van der Waals surface area (Å²) in [7, 11) is -2.54. The molecule has 2 aromatic carbocycles. The smallest absolute Gasteiger partial charge is 0.339 e. The Kier molecular flexibility index (Phi) is 5.53. The maximum Gasteiger partial charge on any atom is 0.339 e. The summed E-state index contributed by atoms with van der Waals surface area (Å²) in [4.78, 5) is 10.1. The summed E-state index contributed by atoms with van der Waals surface area (Å²) in [5, 5.41) is 10.9. The summed E-state index contributed by atoms with van der Waals surface area (Å²) >= 11 is 0. The van der Waals surface area contributed by atoms with Crippen molar-refractivity contribution in [3.63, 3.8) is 0 Å². The maximum absolute atomic E-state index is 12.3. The molecule has 0 aliphatic carbocycles. The minimum Gasteiger partial charge on any atom is -0.384 e. The molecule has 2 rings (SSSR count). The predicted molar refractivity (Wildman–Crippen MR) is 87.7 cm³/mol. The largest absolute Gasteiger partial charge is 0.384 e. The number of methoxy groups -OCH3 is 1. The van der Waals surface area contributed by atoms with Crippen molar-refractivity contribution in [2.45, 2.75) is 18.2 Å². The number of rotatable bonds is 7. The van der Waals surface area contributed by atoms with Gasteiger partial charge in [0.2, 0.25) is 0 Å². The number of nitrogens with zero attached hydrogens (tertiary/aromatic N) is 1. The Balaban J connectivity index is 2.22. The van der Waals surface area contributed by atoms with Crippen LogP contribution in [-0.4, -0.2) is 27.1 Å². The van der Waals surface area contributed by atoms with E-state index in [0.29, 0.717) is 18.6 Å². The third-order valence-electron chi connectivity index (χ3n) is 3.39. The van der Waals surface area contributed by atoms with E-state index < -0.39 is 15.0 Å². The van der Waals surface area contributed by atoms with E-state index in [-0.39, 0.29) is 16.3 Å². The van der Waals surface area contributed by atoms with E-state index in [1.54, 1.807) is 19.2 Å². The molecule has 0 radical (unpaired) electrons. The summed E-state index contributed by atoms with van der Waals surface area (Å²) in [5.74, 6) is 0.138. The van der Waals surface area contributed by atoms with Crippen molar-refractivity contribution in [2.75, 3.05) is 13.7 Å². The number of nitro benzene ring substituents is 1. The zero-order chi connectivity index (χ0) is 17.7. The van der Waals surface area contributed by atoms with Crippen LogP contribution < -0.4 is 4.18 Å². The molecule has 0 aliphatic rings. The Morgan fingerprint density at radius 2 is 1.79 bits per heavy atom. The number of hydrogen-bond acceptors (Lipinski definition) is 6. The fourth-order valence-electron chi connectivity index (χ4n) is 2.05. The van der Waals surface area contributed by atoms with Gasteiger partial charge < -0.3 is 8.92 Å². The average molecular weight is 351 g/mol. The quantitative estimate of drug-likeness (QED) is 0.432. The van der Waals surface area contributed by atoms with Crippen LogP contribution in [-0.2, 0) is 21.3 Å². The van der Waals surface area contributed by atoms with Crippen molar-refractivity contribution in [3.05, 3.63) is 63.7 Å². The van der Waals surface area contributed by atoms with E-state index in [9.17, 15) is 18.5 Å². The standard InChI is InChI=1S/C16H17NO6S/c1-12-3-8-15(11-16(12)17(18)19)24(20,21)23-14-6-4-13(5-7-14)9-10-22-2/h3-8,11H,9-10H2,1-2H3. The molecule has 2 aromatic rings. The highest BCUT2D eigenvalue weighted by Crippen LogP contribution is 2.25. The van der Waals surface area contributed by atoms with Crippen LogP contribution in [0.5, 0.6) is 5.75 Å². The molecule has 0 aromatic heterocycles. The Morgan fingerprint density at radius 1 is 1.12 bits per heavy atom. The number of aryl methyl sites for hydroxylation is 1. The summed E-state index contributed by atoms with van der Waals surface area (Å²) in [5.41, 5.74) is 1.09. The minimum absolute atomic E-state index is 0.138. The second-order valence-electron chi connectivity index (χ2n) is 5.13. The zero-order valence-corrected chi connectivity index (χ0v) is 14.1. The van der Waals surface area contributed by atoms with Crippen molar-refractivity contribution >= 4 is 15.8 Å². The van der Waals surface area contributed by atoms with E-state index in [1.807, 2.05) is 0 Å². The molecule has 0 aliphatic heterocycles. The Morgan fingerprint density at radius 3 is 2.38 bits per heavy atom. The van der Waals surface area contributed by atoms with Crippen LogP contribution in [0.3, 0.4) is 0 Å². The highest BCUT2D eigenvalue weighted by molar-refractivity contribution is 7.87. The van der Waals surface area contributed by atoms with Gasteiger partial charge in [0.05, 0.1) is 11.5 Å². The van der Waals surface area contributed by atoms with Gasteiger partial charge in [0.15, 0.2) is 0 Å². The first-order valence-electron chi connectivity index (χ1n) is 7.11. The average Bonchev–Trinajstić information content (AvgIpc) is 2.54. The van der Waals surface area contributed by atoms with Crippen LogP contribution in [0.15, 0.2) is 47.4 Å². The van der Waals surface area contributed by atoms with Crippen LogP contribution in [0.4, 0.5) is 5.69 Å². The fraction of sp³-hybridized carbons (Fsp3) is 0.250. The van der Waals surface area contributed by atoms with Gasteiger partial charge in [-0.2, -0.15) is 8.42 Å². The molecule has 0 atom stereocenters. The van der Waals surface area contributed by atoms with Crippen LogP contribution in [0.1, 0.15) is 11.1 Å². The van der Waals surface area contributed by atoms with Gasteiger partial charge in [-0.05, 0) is 37.1 Å². The summed E-state index contributed by atoms with van der Waals surface area (Å²) in [6.07, 6.45) is 0.702. The lowest BCUT2D eigenvalue weighted by atomic mass is 10.1. The molecule has 0 saturated heterocycles. The number of ether oxygens (including phenoxy) is 1. The third-order valence-corrected chi connectivity index (χ3v) is 4.63. The second kappa shape index (κ2) is 7.41. The second-order valence-corrected chi connectivity index (χ2v) is 6.68. The number of nitro groups is 1. The SMILES string of the molecule is COCCc1ccc(OS(=O)(=O)c2ccc(C)c([N+](=O)[O-])c2)cc1. The summed E-state index contributed by atoms with van der Waals surface area (Å²) in [6.45, 7) is 2.10. The predicted octanol–water partition coefficient (Wildman–Crippen LogP) is 2.86. The third kappa shape index (κ3) is 4.30. The van der Waals surface area contributed by atoms with E-state index in [2.05, 4.69) is 0 Å². The van der Waals surface area contributed by atoms with E-state index in [1.165, 1.54) is 31.2 Å². The Bertz CT molecular complexity index is 830. The number of benzene rings is 2. The van der Waals surface area contributed by atoms with Gasteiger partial charge in [-0.1, -0.05) is 18.2 Å². The van der Waals surface area contributed by atoms with Gasteiger partial charge in [0.25, 0.3) is 5.69 Å². The summed E-state index contributed by atoms with van der Waals surface area (Å²) in [6, 6.07) is 10.2. The van der Waals surface area contributed by atoms with Gasteiger partial charge >= 0.3 is 10.1 Å². The maximum atomic E-state index is 12.3. The monoisotopic (exact) mass is 351 g/mol. The molecule has 0 saturated carbocycles. The number of hydrogen-bond donors (Lipinski definition) is 0. The van der Waals surface area contributed by atoms with Crippen molar-refractivity contribution in [1.29, 1.82) is 0 Å². The Labute approximate surface area is 140 Å². The molecule has 0 bridgehead atoms. The van der Waals surface area contributed by atoms with E-state index in [0.717, 1.165) is 11.6 Å². The molecular formula is C16H17NO6S. The highest BCUT2D eigenvalue weighted by atomic mass is 32.2. The van der Waals surface area contributed by atoms with Gasteiger partial charge in [0.1, 0.15) is 10.6 Å². The molecule has 0 heterocycles. The molecule has 7 nitrogen and oxygen atoms in total. The lowest BCUT2D eigenvalue weighted by molar-refractivity contribution is -0.385. The van der Waals surface area contributed by atoms with Gasteiger partial charge in [-0.3, -0.25) is 10.1 Å². The van der Waals surface area contributed by atoms with Crippen LogP contribution in [0, 0.1) is 17.0 Å². The molecule has 0 unspecified atom stereocenters. The van der Waals surface area contributed by atoms with Gasteiger partial charge in [-0.25, -0.2) is 0 Å². The minimum atomic E-state index is -4.15. The lowest BCUT2D eigenvalue weighted by Crippen LogP contribution is -2.10. The van der Waals surface area contributed by atoms with E-state index in [4.69, 9.17) is 8.92 Å². The molecule has 8 heteroatoms. The van der Waals surface area contributed by atoms with Crippen molar-refractivity contribution in [1.82, 2.24) is 0 Å². The highest BCUT2D eigenvalue weighted by Gasteiger charge is 2.21. The van der Waals surface area contributed by atoms with Crippen LogP contribution >= 0.6 is 0 Å². The normalized spacial score (nSPS) is 11.2. The lowest BCUT2D eigenvalue weighted by Gasteiger charge is -2.08. The molecule has 0 N–H and O–H groups in total. The van der Waals surface area contributed by atoms with Crippen LogP contribution in [0.25, 0.3) is 0 Å². The Hall–Kier alpha value is -2.45. The fourth-order valence-corrected chi connectivity index (χ4v) is 3.00. The first-order chi connectivity index (χ1) is 11.3. The summed E-state index contributed by atoms with van der Waals surface area (Å²) < 4.78 is 34.6. The molecule has 24 heavy (non-hydrogen) atoms. The first-order valence-corrected chi connectivity index (χ1v) is 8.52. The van der Waals surface area contributed by atoms with Gasteiger partial charge in [-0.15, -0.1) is 0 Å². The van der Waals surface area contributed by atoms with Crippen molar-refractivity contribution in [3.8, 4) is 5.75 Å². The van der Waals surface area contributed by atoms with E-state index >= 15 is 0 Å². The van der Waals surface area contributed by atoms with Gasteiger partial charge in [0, 0.05) is 18.7 Å². The van der Waals surface area contributed by atoms with Crippen molar-refractivity contribution < 1.29 is 22.3 Å². The zero-order valence-electron chi connectivity index (χ0n) is 13.3. The van der Waals surface area contributed by atoms with Crippen LogP contribution in [0.2, 0.25) is 0 Å². The van der Waals surface area contributed by atoms with Crippen molar-refractivity contribution in [2.24, 2.45) is 0 Å². The molecule has 0 fully saturated rings.